The zero-order chi connectivity index (χ0) is 18.6. The highest BCUT2D eigenvalue weighted by atomic mass is 127. The van der Waals surface area contributed by atoms with E-state index in [9.17, 15) is 17.6 Å². The van der Waals surface area contributed by atoms with Crippen LogP contribution in [-0.4, -0.2) is 39.3 Å². The van der Waals surface area contributed by atoms with Crippen LogP contribution in [0.4, 0.5) is 15.8 Å². The van der Waals surface area contributed by atoms with E-state index in [1.54, 1.807) is 12.1 Å². The van der Waals surface area contributed by atoms with Gasteiger partial charge >= 0.3 is 10.2 Å². The van der Waals surface area contributed by atoms with Crippen molar-refractivity contribution in [3.05, 3.63) is 57.9 Å². The van der Waals surface area contributed by atoms with Gasteiger partial charge in [-0.1, -0.05) is 0 Å². The second-order valence-electron chi connectivity index (χ2n) is 5.33. The van der Waals surface area contributed by atoms with Gasteiger partial charge in [-0.2, -0.15) is 12.7 Å². The SMILES string of the molecule is CN(C)S(=O)(=O)N(CC(=O)Nc1ccc(I)cc1)c1ccc(F)cc1. The first-order valence-corrected chi connectivity index (χ1v) is 9.69. The van der Waals surface area contributed by atoms with E-state index in [2.05, 4.69) is 27.9 Å². The number of nitrogens with one attached hydrogen (secondary N) is 1. The second kappa shape index (κ2) is 8.11. The molecule has 0 heterocycles. The molecular formula is C16H17FIN3O3S. The van der Waals surface area contributed by atoms with Crippen LogP contribution in [0.25, 0.3) is 0 Å². The summed E-state index contributed by atoms with van der Waals surface area (Å²) in [5, 5.41) is 2.65. The Kier molecular flexibility index (Phi) is 6.36. The molecule has 0 atom stereocenters. The number of carbonyl (C=O) groups is 1. The van der Waals surface area contributed by atoms with Crippen LogP contribution in [-0.2, 0) is 15.0 Å². The molecule has 0 radical (unpaired) electrons. The fourth-order valence-corrected chi connectivity index (χ4v) is 3.40. The molecule has 0 saturated heterocycles. The van der Waals surface area contributed by atoms with E-state index in [0.717, 1.165) is 24.3 Å². The smallest absolute Gasteiger partial charge is 0.304 e. The van der Waals surface area contributed by atoms with Crippen LogP contribution in [0, 0.1) is 9.39 Å². The van der Waals surface area contributed by atoms with Crippen molar-refractivity contribution in [2.45, 2.75) is 0 Å². The number of hydrogen-bond acceptors (Lipinski definition) is 3. The van der Waals surface area contributed by atoms with Crippen molar-refractivity contribution in [3.8, 4) is 0 Å². The molecule has 6 nitrogen and oxygen atoms in total. The molecule has 2 rings (SSSR count). The molecule has 0 spiro atoms. The van der Waals surface area contributed by atoms with Crippen molar-refractivity contribution in [3.63, 3.8) is 0 Å². The van der Waals surface area contributed by atoms with Crippen LogP contribution in [0.2, 0.25) is 0 Å². The second-order valence-corrected chi connectivity index (χ2v) is 8.64. The number of rotatable bonds is 6. The predicted octanol–water partition coefficient (Wildman–Crippen LogP) is 2.68. The third-order valence-electron chi connectivity index (χ3n) is 3.27. The van der Waals surface area contributed by atoms with Crippen LogP contribution in [0.5, 0.6) is 0 Å². The number of hydrogen-bond donors (Lipinski definition) is 1. The van der Waals surface area contributed by atoms with Crippen LogP contribution in [0.15, 0.2) is 48.5 Å². The molecule has 0 saturated carbocycles. The van der Waals surface area contributed by atoms with Crippen LogP contribution < -0.4 is 9.62 Å². The lowest BCUT2D eigenvalue weighted by Crippen LogP contribution is -2.44. The number of benzene rings is 2. The summed E-state index contributed by atoms with van der Waals surface area (Å²) in [5.41, 5.74) is 0.764. The molecule has 2 aromatic rings. The summed E-state index contributed by atoms with van der Waals surface area (Å²) in [7, 11) is -1.19. The van der Waals surface area contributed by atoms with E-state index in [4.69, 9.17) is 0 Å². The third-order valence-corrected chi connectivity index (χ3v) is 5.81. The maximum atomic E-state index is 13.1. The summed E-state index contributed by atoms with van der Waals surface area (Å²) in [5.74, 6) is -0.995. The van der Waals surface area contributed by atoms with Crippen molar-refractivity contribution < 1.29 is 17.6 Å². The van der Waals surface area contributed by atoms with Gasteiger partial charge in [0, 0.05) is 23.4 Å². The molecule has 0 aromatic heterocycles. The number of halogens is 2. The van der Waals surface area contributed by atoms with Gasteiger partial charge in [0.15, 0.2) is 0 Å². The summed E-state index contributed by atoms with van der Waals surface area (Å²) in [4.78, 5) is 12.3. The lowest BCUT2D eigenvalue weighted by molar-refractivity contribution is -0.114. The topological polar surface area (TPSA) is 69.7 Å². The Balaban J connectivity index is 2.25. The highest BCUT2D eigenvalue weighted by Gasteiger charge is 2.27. The van der Waals surface area contributed by atoms with Gasteiger partial charge in [-0.05, 0) is 71.1 Å². The van der Waals surface area contributed by atoms with Gasteiger partial charge in [0.1, 0.15) is 12.4 Å². The molecule has 25 heavy (non-hydrogen) atoms. The van der Waals surface area contributed by atoms with Gasteiger partial charge in [-0.3, -0.25) is 4.79 Å². The third kappa shape index (κ3) is 5.13. The van der Waals surface area contributed by atoms with E-state index < -0.39 is 28.5 Å². The van der Waals surface area contributed by atoms with E-state index in [0.29, 0.717) is 5.69 Å². The van der Waals surface area contributed by atoms with E-state index >= 15 is 0 Å². The minimum atomic E-state index is -3.92. The van der Waals surface area contributed by atoms with E-state index in [1.165, 1.54) is 26.2 Å². The van der Waals surface area contributed by atoms with Crippen molar-refractivity contribution in [2.24, 2.45) is 0 Å². The van der Waals surface area contributed by atoms with Gasteiger partial charge in [0.25, 0.3) is 0 Å². The number of carbonyl (C=O) groups excluding carboxylic acids is 1. The highest BCUT2D eigenvalue weighted by molar-refractivity contribution is 14.1. The van der Waals surface area contributed by atoms with Crippen molar-refractivity contribution in [1.29, 1.82) is 0 Å². The molecule has 1 N–H and O–H groups in total. The molecule has 0 aliphatic carbocycles. The Labute approximate surface area is 160 Å². The maximum Gasteiger partial charge on any atom is 0.304 e. The summed E-state index contributed by atoms with van der Waals surface area (Å²) in [6, 6.07) is 12.0. The predicted molar refractivity (Wildman–Crippen MR) is 104 cm³/mol. The van der Waals surface area contributed by atoms with Crippen LogP contribution in [0.1, 0.15) is 0 Å². The first kappa shape index (κ1) is 19.6. The van der Waals surface area contributed by atoms with Gasteiger partial charge in [-0.15, -0.1) is 0 Å². The zero-order valence-corrected chi connectivity index (χ0v) is 16.6. The van der Waals surface area contributed by atoms with Gasteiger partial charge < -0.3 is 5.32 Å². The monoisotopic (exact) mass is 477 g/mol. The zero-order valence-electron chi connectivity index (χ0n) is 13.6. The molecule has 0 fully saturated rings. The highest BCUT2D eigenvalue weighted by Crippen LogP contribution is 2.20. The molecule has 134 valence electrons. The van der Waals surface area contributed by atoms with Gasteiger partial charge in [0.2, 0.25) is 5.91 Å². The molecule has 9 heteroatoms. The average molecular weight is 477 g/mol. The summed E-state index contributed by atoms with van der Waals surface area (Å²) in [6.45, 7) is -0.432. The molecule has 1 amide bonds. The fourth-order valence-electron chi connectivity index (χ4n) is 1.97. The molecule has 2 aromatic carbocycles. The quantitative estimate of drug-likeness (QED) is 0.651. The molecule has 0 aliphatic rings. The molecule has 0 unspecified atom stereocenters. The minimum absolute atomic E-state index is 0.202. The fraction of sp³-hybridized carbons (Fsp3) is 0.188. The standard InChI is InChI=1S/C16H17FIN3O3S/c1-20(2)25(23,24)21(15-9-3-12(17)4-10-15)11-16(22)19-14-7-5-13(18)6-8-14/h3-10H,11H2,1-2H3,(H,19,22). The number of nitrogens with zero attached hydrogens (tertiary/aromatic N) is 2. The molecular weight excluding hydrogens is 460 g/mol. The normalized spacial score (nSPS) is 11.4. The lowest BCUT2D eigenvalue weighted by Gasteiger charge is -2.26. The lowest BCUT2D eigenvalue weighted by atomic mass is 10.3. The number of amides is 1. The van der Waals surface area contributed by atoms with E-state index in [-0.39, 0.29) is 5.69 Å². The molecule has 0 aliphatic heterocycles. The van der Waals surface area contributed by atoms with Crippen molar-refractivity contribution in [2.75, 3.05) is 30.3 Å². The summed E-state index contributed by atoms with van der Waals surface area (Å²) in [6.07, 6.45) is 0. The van der Waals surface area contributed by atoms with Crippen molar-refractivity contribution in [1.82, 2.24) is 4.31 Å². The Bertz CT molecular complexity index is 840. The number of anilines is 2. The Morgan fingerprint density at radius 1 is 1.08 bits per heavy atom. The largest absolute Gasteiger partial charge is 0.325 e. The maximum absolute atomic E-state index is 13.1. The van der Waals surface area contributed by atoms with Gasteiger partial charge in [-0.25, -0.2) is 8.70 Å². The Hall–Kier alpha value is -1.72. The average Bonchev–Trinajstić information content (AvgIpc) is 2.55. The summed E-state index contributed by atoms with van der Waals surface area (Å²) >= 11 is 2.14. The minimum Gasteiger partial charge on any atom is -0.325 e. The van der Waals surface area contributed by atoms with Crippen LogP contribution >= 0.6 is 22.6 Å². The summed E-state index contributed by atoms with van der Waals surface area (Å²) < 4.78 is 41.1. The Morgan fingerprint density at radius 3 is 2.16 bits per heavy atom. The van der Waals surface area contributed by atoms with Crippen molar-refractivity contribution >= 4 is 50.1 Å². The first-order valence-electron chi connectivity index (χ1n) is 7.21. The van der Waals surface area contributed by atoms with Gasteiger partial charge in [0.05, 0.1) is 5.69 Å². The van der Waals surface area contributed by atoms with Crippen LogP contribution in [0.3, 0.4) is 0 Å². The van der Waals surface area contributed by atoms with E-state index in [1.807, 2.05) is 12.1 Å². The Morgan fingerprint density at radius 2 is 1.64 bits per heavy atom. The molecule has 0 bridgehead atoms. The first-order chi connectivity index (χ1) is 11.7.